The maximum Gasteiger partial charge on any atom is 0.460 e. The van der Waals surface area contributed by atoms with Gasteiger partial charge in [-0.05, 0) is 0 Å². The first-order chi connectivity index (χ1) is 7.60. The number of alkyl halides is 7. The molecule has 19 heavy (non-hydrogen) atoms. The van der Waals surface area contributed by atoms with E-state index in [1.165, 1.54) is 0 Å². The summed E-state index contributed by atoms with van der Waals surface area (Å²) in [5, 5.41) is -3.92. The molecule has 1 nitrogen and oxygen atoms in total. The van der Waals surface area contributed by atoms with Gasteiger partial charge in [-0.25, -0.2) is 0 Å². The Labute approximate surface area is 101 Å². The van der Waals surface area contributed by atoms with Crippen molar-refractivity contribution < 1.29 is 50.2 Å². The average Bonchev–Trinajstić information content (AvgIpc) is 1.94. The molecule has 0 rings (SSSR count). The van der Waals surface area contributed by atoms with Crippen LogP contribution in [-0.2, 0) is 0 Å². The van der Waals surface area contributed by atoms with E-state index in [4.69, 9.17) is 0 Å². The van der Waals surface area contributed by atoms with E-state index in [1.54, 1.807) is 0 Å². The van der Waals surface area contributed by atoms with Gasteiger partial charge in [0.2, 0.25) is 0 Å². The van der Waals surface area contributed by atoms with Crippen molar-refractivity contribution in [1.29, 1.82) is 0 Å². The van der Waals surface area contributed by atoms with Crippen molar-refractivity contribution in [1.82, 2.24) is 0 Å². The zero-order chi connectivity index (χ0) is 16.2. The molecule has 0 radical (unpaired) electrons. The Balaban J connectivity index is 5.93. The second-order valence-electron chi connectivity index (χ2n) is 2.96. The summed E-state index contributed by atoms with van der Waals surface area (Å²) < 4.78 is 141. The van der Waals surface area contributed by atoms with Crippen LogP contribution in [0.25, 0.3) is 0 Å². The molecule has 0 aromatic heterocycles. The zero-order valence-corrected chi connectivity index (χ0v) is 9.34. The Morgan fingerprint density at radius 2 is 1.11 bits per heavy atom. The molecule has 0 aromatic carbocycles. The van der Waals surface area contributed by atoms with E-state index in [9.17, 15) is 50.2 Å². The Morgan fingerprint density at radius 3 is 1.32 bits per heavy atom. The van der Waals surface area contributed by atoms with E-state index >= 15 is 0 Å². The van der Waals surface area contributed by atoms with E-state index in [2.05, 4.69) is 11.6 Å². The first-order valence-electron chi connectivity index (χ1n) is 3.44. The van der Waals surface area contributed by atoms with Crippen LogP contribution in [0, 0.1) is 0 Å². The van der Waals surface area contributed by atoms with Gasteiger partial charge in [-0.2, -0.15) is 30.7 Å². The van der Waals surface area contributed by atoms with Gasteiger partial charge in [0, 0.05) is 0 Å². The van der Waals surface area contributed by atoms with Gasteiger partial charge >= 0.3 is 28.4 Å². The molecule has 0 bridgehead atoms. The highest BCUT2D eigenvalue weighted by atomic mass is 35.5. The van der Waals surface area contributed by atoms with Crippen molar-refractivity contribution >= 4 is 27.2 Å². The lowest BCUT2D eigenvalue weighted by atomic mass is 10.2. The highest BCUT2D eigenvalue weighted by Gasteiger charge is 2.76. The Hall–Kier alpha value is -0.530. The van der Waals surface area contributed by atoms with E-state index < -0.39 is 33.6 Å². The van der Waals surface area contributed by atoms with Crippen LogP contribution in [0.1, 0.15) is 0 Å². The molecular weight excluding hydrogens is 358 g/mol. The van der Waals surface area contributed by atoms with Crippen LogP contribution in [0.3, 0.4) is 0 Å². The zero-order valence-electron chi connectivity index (χ0n) is 7.77. The smallest absolute Gasteiger partial charge is 0.191 e. The van der Waals surface area contributed by atoms with Crippen LogP contribution in [0.2, 0.25) is 0 Å². The summed E-state index contributed by atoms with van der Waals surface area (Å²) in [6, 6.07) is 0. The lowest BCUT2D eigenvalue weighted by Gasteiger charge is -2.36. The molecule has 0 heterocycles. The minimum Gasteiger partial charge on any atom is -0.191 e. The maximum atomic E-state index is 12.4. The standard InChI is InChI=1S/C4ClF12NS/c5-1(18-19(13,14,15,16)17)2(6,7)3(8,9)4(10,11)12. The maximum absolute atomic E-state index is 12.4. The molecular formula is C4ClF12NS. The highest BCUT2D eigenvalue weighted by Crippen LogP contribution is 2.99. The summed E-state index contributed by atoms with van der Waals surface area (Å²) in [5.41, 5.74) is 0. The average molecular weight is 358 g/mol. The van der Waals surface area contributed by atoms with Crippen molar-refractivity contribution in [3.63, 3.8) is 0 Å². The van der Waals surface area contributed by atoms with Crippen LogP contribution in [-0.4, -0.2) is 23.2 Å². The van der Waals surface area contributed by atoms with Crippen molar-refractivity contribution in [2.24, 2.45) is 4.40 Å². The molecule has 0 aromatic rings. The van der Waals surface area contributed by atoms with Crippen LogP contribution in [0.5, 0.6) is 0 Å². The molecule has 0 unspecified atom stereocenters. The Bertz CT molecular complexity index is 401. The SMILES string of the molecule is FC(F)(F)C(F)(F)C(F)(F)C(Cl)=NS(F)(F)(F)(F)F. The predicted octanol–water partition coefficient (Wildman–Crippen LogP) is 5.67. The molecule has 0 aliphatic rings. The number of rotatable bonds is 3. The third-order valence-corrected chi connectivity index (χ3v) is 2.21. The summed E-state index contributed by atoms with van der Waals surface area (Å²) in [5.74, 6) is -13.9. The molecule has 0 atom stereocenters. The molecule has 118 valence electrons. The molecule has 0 amide bonds. The van der Waals surface area contributed by atoms with Crippen molar-refractivity contribution in [2.75, 3.05) is 0 Å². The third-order valence-electron chi connectivity index (χ3n) is 1.26. The molecule has 0 fully saturated rings. The van der Waals surface area contributed by atoms with E-state index in [-0.39, 0.29) is 4.40 Å². The van der Waals surface area contributed by atoms with Gasteiger partial charge in [0.05, 0.1) is 0 Å². The summed E-state index contributed by atoms with van der Waals surface area (Å²) >= 11 is 3.78. The monoisotopic (exact) mass is 357 g/mol. The summed E-state index contributed by atoms with van der Waals surface area (Å²) in [4.78, 5) is 0. The van der Waals surface area contributed by atoms with Crippen molar-refractivity contribution in [2.45, 2.75) is 18.0 Å². The van der Waals surface area contributed by atoms with Crippen LogP contribution in [0.4, 0.5) is 50.2 Å². The number of hydrogen-bond acceptors (Lipinski definition) is 1. The predicted molar refractivity (Wildman–Crippen MR) is 42.4 cm³/mol. The van der Waals surface area contributed by atoms with Crippen LogP contribution >= 0.6 is 22.0 Å². The lowest BCUT2D eigenvalue weighted by Crippen LogP contribution is -2.55. The third kappa shape index (κ3) is 4.50. The fourth-order valence-corrected chi connectivity index (χ4v) is 1.44. The lowest BCUT2D eigenvalue weighted by molar-refractivity contribution is -0.335. The van der Waals surface area contributed by atoms with Gasteiger partial charge in [-0.1, -0.05) is 31.0 Å². The fraction of sp³-hybridized carbons (Fsp3) is 0.750. The largest absolute Gasteiger partial charge is 0.460 e. The second-order valence-corrected chi connectivity index (χ2v) is 5.35. The van der Waals surface area contributed by atoms with Crippen molar-refractivity contribution in [3.8, 4) is 0 Å². The first-order valence-corrected chi connectivity index (χ1v) is 5.73. The van der Waals surface area contributed by atoms with Crippen LogP contribution in [0.15, 0.2) is 4.40 Å². The molecule has 0 aliphatic carbocycles. The molecule has 0 saturated heterocycles. The first kappa shape index (κ1) is 18.5. The molecule has 0 aliphatic heterocycles. The van der Waals surface area contributed by atoms with Gasteiger partial charge in [0.25, 0.3) is 0 Å². The van der Waals surface area contributed by atoms with Crippen LogP contribution < -0.4 is 0 Å². The number of halogens is 13. The molecule has 0 N–H and O–H groups in total. The fourth-order valence-electron chi connectivity index (χ4n) is 0.516. The topological polar surface area (TPSA) is 12.4 Å². The molecule has 15 heteroatoms. The Kier molecular flexibility index (Phi) is 3.46. The van der Waals surface area contributed by atoms with Gasteiger partial charge in [-0.15, -0.1) is 4.40 Å². The second kappa shape index (κ2) is 3.56. The van der Waals surface area contributed by atoms with Crippen molar-refractivity contribution in [3.05, 3.63) is 0 Å². The summed E-state index contributed by atoms with van der Waals surface area (Å²) in [6.45, 7) is 0. The van der Waals surface area contributed by atoms with Gasteiger partial charge in [0.15, 0.2) is 5.17 Å². The Morgan fingerprint density at radius 1 is 0.789 bits per heavy atom. The quantitative estimate of drug-likeness (QED) is 0.456. The van der Waals surface area contributed by atoms with Gasteiger partial charge in [-0.3, -0.25) is 0 Å². The normalized spacial score (nSPS) is 19.9. The van der Waals surface area contributed by atoms with E-state index in [0.717, 1.165) is 0 Å². The molecule has 0 spiro atoms. The number of hydrogen-bond donors (Lipinski definition) is 0. The van der Waals surface area contributed by atoms with E-state index in [1.807, 2.05) is 0 Å². The van der Waals surface area contributed by atoms with Gasteiger partial charge in [0.1, 0.15) is 0 Å². The highest BCUT2D eigenvalue weighted by molar-refractivity contribution is 8.44. The number of nitrogens with zero attached hydrogens (tertiary/aromatic N) is 1. The summed E-state index contributed by atoms with van der Waals surface area (Å²) in [6.07, 6.45) is -7.04. The minimum absolute atomic E-state index is 0.0385. The summed E-state index contributed by atoms with van der Waals surface area (Å²) in [7, 11) is -11.1. The minimum atomic E-state index is -11.1. The van der Waals surface area contributed by atoms with Gasteiger partial charge < -0.3 is 0 Å². The molecule has 0 saturated carbocycles. The van der Waals surface area contributed by atoms with E-state index in [0.29, 0.717) is 0 Å².